The summed E-state index contributed by atoms with van der Waals surface area (Å²) in [4.78, 5) is 15.6. The van der Waals surface area contributed by atoms with E-state index < -0.39 is 5.97 Å². The van der Waals surface area contributed by atoms with Crippen LogP contribution in [0.15, 0.2) is 54.7 Å². The van der Waals surface area contributed by atoms with E-state index in [1.807, 2.05) is 36.4 Å². The number of aromatic carboxylic acids is 1. The fourth-order valence-electron chi connectivity index (χ4n) is 2.45. The highest BCUT2D eigenvalue weighted by Gasteiger charge is 2.17. The molecule has 122 valence electrons. The zero-order valence-electron chi connectivity index (χ0n) is 13.3. The van der Waals surface area contributed by atoms with Crippen molar-refractivity contribution < 1.29 is 19.4 Å². The van der Waals surface area contributed by atoms with Gasteiger partial charge in [0.05, 0.1) is 19.9 Å². The molecule has 0 atom stereocenters. The highest BCUT2D eigenvalue weighted by molar-refractivity contribution is 5.86. The predicted octanol–water partition coefficient (Wildman–Crippen LogP) is 3.25. The van der Waals surface area contributed by atoms with Crippen LogP contribution >= 0.6 is 0 Å². The largest absolute Gasteiger partial charge is 0.493 e. The lowest BCUT2D eigenvalue weighted by atomic mass is 10.2. The molecule has 6 nitrogen and oxygen atoms in total. The highest BCUT2D eigenvalue weighted by Crippen LogP contribution is 2.31. The maximum Gasteiger partial charge on any atom is 0.356 e. The molecule has 0 amide bonds. The van der Waals surface area contributed by atoms with Crippen molar-refractivity contribution in [1.82, 2.24) is 9.55 Å². The van der Waals surface area contributed by atoms with Crippen LogP contribution in [-0.2, 0) is 0 Å². The van der Waals surface area contributed by atoms with Gasteiger partial charge in [-0.3, -0.25) is 4.57 Å². The quantitative estimate of drug-likeness (QED) is 0.780. The van der Waals surface area contributed by atoms with Gasteiger partial charge in [0, 0.05) is 17.8 Å². The van der Waals surface area contributed by atoms with Gasteiger partial charge in [0.1, 0.15) is 5.82 Å². The molecule has 3 aromatic rings. The number of benzene rings is 2. The number of hydrogen-bond donors (Lipinski definition) is 1. The lowest BCUT2D eigenvalue weighted by molar-refractivity contribution is 0.0691. The molecule has 3 rings (SSSR count). The maximum absolute atomic E-state index is 11.3. The Kier molecular flexibility index (Phi) is 4.20. The molecule has 0 aliphatic carbocycles. The lowest BCUT2D eigenvalue weighted by Crippen LogP contribution is -1.98. The number of nitrogens with zero attached hydrogens (tertiary/aromatic N) is 2. The van der Waals surface area contributed by atoms with Gasteiger partial charge in [-0.1, -0.05) is 30.3 Å². The molecule has 1 N–H and O–H groups in total. The minimum absolute atomic E-state index is 0.0244. The second-order valence-corrected chi connectivity index (χ2v) is 5.03. The summed E-state index contributed by atoms with van der Waals surface area (Å²) >= 11 is 0. The first-order valence-electron chi connectivity index (χ1n) is 7.24. The van der Waals surface area contributed by atoms with Gasteiger partial charge in [-0.05, 0) is 12.1 Å². The molecule has 2 aromatic carbocycles. The SMILES string of the molecule is COc1ccc(-n2cc(C(=O)O)nc2-c2ccccc2)cc1OC. The van der Waals surface area contributed by atoms with Gasteiger partial charge in [0.2, 0.25) is 0 Å². The summed E-state index contributed by atoms with van der Waals surface area (Å²) in [5, 5.41) is 9.28. The Morgan fingerprint density at radius 1 is 1.04 bits per heavy atom. The fourth-order valence-corrected chi connectivity index (χ4v) is 2.45. The van der Waals surface area contributed by atoms with Crippen molar-refractivity contribution in [2.75, 3.05) is 14.2 Å². The summed E-state index contributed by atoms with van der Waals surface area (Å²) in [6.45, 7) is 0. The van der Waals surface area contributed by atoms with E-state index >= 15 is 0 Å². The minimum atomic E-state index is -1.08. The van der Waals surface area contributed by atoms with Crippen molar-refractivity contribution in [1.29, 1.82) is 0 Å². The summed E-state index contributed by atoms with van der Waals surface area (Å²) in [6, 6.07) is 14.8. The van der Waals surface area contributed by atoms with Crippen molar-refractivity contribution in [2.24, 2.45) is 0 Å². The number of carboxylic acid groups (broad SMARTS) is 1. The van der Waals surface area contributed by atoms with Crippen LogP contribution in [0.25, 0.3) is 17.1 Å². The van der Waals surface area contributed by atoms with E-state index in [1.54, 1.807) is 30.9 Å². The summed E-state index contributed by atoms with van der Waals surface area (Å²) < 4.78 is 12.3. The summed E-state index contributed by atoms with van der Waals surface area (Å²) in [5.41, 5.74) is 1.52. The smallest absolute Gasteiger partial charge is 0.356 e. The summed E-state index contributed by atoms with van der Waals surface area (Å²) in [6.07, 6.45) is 1.49. The van der Waals surface area contributed by atoms with Crippen LogP contribution in [0.5, 0.6) is 11.5 Å². The molecule has 0 aliphatic heterocycles. The van der Waals surface area contributed by atoms with Crippen LogP contribution in [0.1, 0.15) is 10.5 Å². The van der Waals surface area contributed by atoms with Crippen molar-refractivity contribution >= 4 is 5.97 Å². The van der Waals surface area contributed by atoms with Gasteiger partial charge >= 0.3 is 5.97 Å². The fraction of sp³-hybridized carbons (Fsp3) is 0.111. The van der Waals surface area contributed by atoms with Gasteiger partial charge in [0.15, 0.2) is 17.2 Å². The number of carbonyl (C=O) groups is 1. The third kappa shape index (κ3) is 2.81. The van der Waals surface area contributed by atoms with E-state index in [-0.39, 0.29) is 5.69 Å². The van der Waals surface area contributed by atoms with Crippen molar-refractivity contribution in [2.45, 2.75) is 0 Å². The molecule has 0 saturated carbocycles. The number of aromatic nitrogens is 2. The Bertz CT molecular complexity index is 872. The Balaban J connectivity index is 2.18. The van der Waals surface area contributed by atoms with E-state index in [4.69, 9.17) is 9.47 Å². The van der Waals surface area contributed by atoms with E-state index in [1.165, 1.54) is 6.20 Å². The monoisotopic (exact) mass is 324 g/mol. The molecular weight excluding hydrogens is 308 g/mol. The van der Waals surface area contributed by atoms with Crippen molar-refractivity contribution in [3.63, 3.8) is 0 Å². The second kappa shape index (κ2) is 6.45. The number of methoxy groups -OCH3 is 2. The zero-order valence-corrected chi connectivity index (χ0v) is 13.3. The van der Waals surface area contributed by atoms with Crippen LogP contribution in [0.2, 0.25) is 0 Å². The summed E-state index contributed by atoms with van der Waals surface area (Å²) in [5.74, 6) is 0.618. The lowest BCUT2D eigenvalue weighted by Gasteiger charge is -2.12. The first-order valence-corrected chi connectivity index (χ1v) is 7.24. The Labute approximate surface area is 138 Å². The van der Waals surface area contributed by atoms with Crippen LogP contribution < -0.4 is 9.47 Å². The third-order valence-electron chi connectivity index (χ3n) is 3.60. The molecular formula is C18H16N2O4. The molecule has 6 heteroatoms. The zero-order chi connectivity index (χ0) is 17.1. The van der Waals surface area contributed by atoms with Crippen LogP contribution in [0.3, 0.4) is 0 Å². The number of rotatable bonds is 5. The molecule has 1 heterocycles. The van der Waals surface area contributed by atoms with E-state index in [0.29, 0.717) is 17.3 Å². The van der Waals surface area contributed by atoms with Crippen LogP contribution in [-0.4, -0.2) is 34.8 Å². The van der Waals surface area contributed by atoms with Crippen LogP contribution in [0.4, 0.5) is 0 Å². The van der Waals surface area contributed by atoms with Gasteiger partial charge in [-0.15, -0.1) is 0 Å². The highest BCUT2D eigenvalue weighted by atomic mass is 16.5. The molecule has 0 bridgehead atoms. The molecule has 1 aromatic heterocycles. The topological polar surface area (TPSA) is 73.6 Å². The molecule has 0 unspecified atom stereocenters. The number of ether oxygens (including phenoxy) is 2. The Hall–Kier alpha value is -3.28. The van der Waals surface area contributed by atoms with E-state index in [9.17, 15) is 9.90 Å². The van der Waals surface area contributed by atoms with Gasteiger partial charge in [-0.25, -0.2) is 9.78 Å². The van der Waals surface area contributed by atoms with E-state index in [0.717, 1.165) is 11.3 Å². The van der Waals surface area contributed by atoms with Gasteiger partial charge < -0.3 is 14.6 Å². The average Bonchev–Trinajstić information content (AvgIpc) is 3.07. The van der Waals surface area contributed by atoms with Gasteiger partial charge in [-0.2, -0.15) is 0 Å². The minimum Gasteiger partial charge on any atom is -0.493 e. The molecule has 0 fully saturated rings. The number of hydrogen-bond acceptors (Lipinski definition) is 4. The Morgan fingerprint density at radius 2 is 1.75 bits per heavy atom. The molecule has 0 radical (unpaired) electrons. The predicted molar refractivity (Wildman–Crippen MR) is 89.1 cm³/mol. The molecule has 0 saturated heterocycles. The number of carboxylic acids is 1. The summed E-state index contributed by atoms with van der Waals surface area (Å²) in [7, 11) is 3.11. The normalized spacial score (nSPS) is 10.4. The molecule has 0 aliphatic rings. The standard InChI is InChI=1S/C18H16N2O4/c1-23-15-9-8-13(10-16(15)24-2)20-11-14(18(21)22)19-17(20)12-6-4-3-5-7-12/h3-11H,1-2H3,(H,21,22). The first kappa shape index (κ1) is 15.6. The number of imidazole rings is 1. The van der Waals surface area contributed by atoms with E-state index in [2.05, 4.69) is 4.98 Å². The maximum atomic E-state index is 11.3. The van der Waals surface area contributed by atoms with Crippen molar-refractivity contribution in [3.05, 3.63) is 60.4 Å². The first-order chi connectivity index (χ1) is 11.6. The van der Waals surface area contributed by atoms with Gasteiger partial charge in [0.25, 0.3) is 0 Å². The molecule has 24 heavy (non-hydrogen) atoms. The molecule has 0 spiro atoms. The second-order valence-electron chi connectivity index (χ2n) is 5.03. The Morgan fingerprint density at radius 3 is 2.38 bits per heavy atom. The van der Waals surface area contributed by atoms with Crippen molar-refractivity contribution in [3.8, 4) is 28.6 Å². The third-order valence-corrected chi connectivity index (χ3v) is 3.60. The average molecular weight is 324 g/mol. The van der Waals surface area contributed by atoms with Crippen LogP contribution in [0, 0.1) is 0 Å².